The van der Waals surface area contributed by atoms with Gasteiger partial charge in [-0.05, 0) is 18.2 Å². The third-order valence-corrected chi connectivity index (χ3v) is 2.51. The predicted octanol–water partition coefficient (Wildman–Crippen LogP) is 0.691. The molecule has 0 fully saturated rings. The van der Waals surface area contributed by atoms with Crippen LogP contribution in [0.15, 0.2) is 18.2 Å². The van der Waals surface area contributed by atoms with Gasteiger partial charge in [-0.2, -0.15) is 0 Å². The number of nitrogens with zero attached hydrogens (tertiary/aromatic N) is 1. The first-order chi connectivity index (χ1) is 8.82. The van der Waals surface area contributed by atoms with Crippen molar-refractivity contribution in [2.45, 2.75) is 12.5 Å². The van der Waals surface area contributed by atoms with Crippen LogP contribution in [0.3, 0.4) is 0 Å². The molecule has 1 aromatic carbocycles. The van der Waals surface area contributed by atoms with Crippen molar-refractivity contribution in [2.24, 2.45) is 0 Å². The first-order valence-corrected chi connectivity index (χ1v) is 5.64. The number of aliphatic hydroxyl groups is 1. The number of nitrogens with one attached hydrogen (secondary N) is 1. The van der Waals surface area contributed by atoms with Gasteiger partial charge in [-0.3, -0.25) is 4.79 Å². The van der Waals surface area contributed by atoms with E-state index in [1.54, 1.807) is 31.1 Å². The Morgan fingerprint density at radius 2 is 2.11 bits per heavy atom. The fourth-order valence-corrected chi connectivity index (χ4v) is 1.51. The Bertz CT molecular complexity index is 453. The second-order valence-corrected chi connectivity index (χ2v) is 4.28. The van der Waals surface area contributed by atoms with E-state index in [1.165, 1.54) is 6.07 Å². The number of benzene rings is 1. The number of hydrogen-bond acceptors (Lipinski definition) is 4. The van der Waals surface area contributed by atoms with Gasteiger partial charge in [0.15, 0.2) is 0 Å². The second-order valence-electron chi connectivity index (χ2n) is 4.28. The fourth-order valence-electron chi connectivity index (χ4n) is 1.51. The average molecular weight is 273 g/mol. The van der Waals surface area contributed by atoms with Crippen LogP contribution in [0.4, 0.5) is 20.2 Å². The number of rotatable bonds is 5. The molecule has 1 unspecified atom stereocenters. The maximum absolute atomic E-state index is 12.1. The summed E-state index contributed by atoms with van der Waals surface area (Å²) in [5, 5.41) is 11.2. The summed E-state index contributed by atoms with van der Waals surface area (Å²) in [6.45, 7) is -0.516. The molecular weight excluding hydrogens is 256 g/mol. The molecule has 0 saturated carbocycles. The average Bonchev–Trinajstić information content (AvgIpc) is 2.34. The van der Waals surface area contributed by atoms with Crippen molar-refractivity contribution in [3.8, 4) is 0 Å². The number of aliphatic hydroxyl groups excluding tert-OH is 1. The largest absolute Gasteiger partial charge is 0.399 e. The van der Waals surface area contributed by atoms with Gasteiger partial charge in [0.05, 0.1) is 5.56 Å². The number of hydrogen-bond donors (Lipinski definition) is 3. The van der Waals surface area contributed by atoms with Crippen molar-refractivity contribution >= 4 is 17.3 Å². The molecule has 0 spiro atoms. The summed E-state index contributed by atoms with van der Waals surface area (Å²) < 4.78 is 24.2. The van der Waals surface area contributed by atoms with E-state index in [9.17, 15) is 13.6 Å². The van der Waals surface area contributed by atoms with Gasteiger partial charge in [0, 0.05) is 32.0 Å². The van der Waals surface area contributed by atoms with Gasteiger partial charge < -0.3 is 21.1 Å². The lowest BCUT2D eigenvalue weighted by atomic mass is 10.1. The Kier molecular flexibility index (Phi) is 5.05. The first kappa shape index (κ1) is 15.2. The molecule has 1 atom stereocenters. The lowest BCUT2D eigenvalue weighted by Crippen LogP contribution is -2.36. The van der Waals surface area contributed by atoms with Crippen LogP contribution in [0.2, 0.25) is 0 Å². The summed E-state index contributed by atoms with van der Waals surface area (Å²) in [5.41, 5.74) is 6.87. The zero-order valence-electron chi connectivity index (χ0n) is 10.7. The molecule has 0 heterocycles. The zero-order chi connectivity index (χ0) is 14.6. The Hall–Kier alpha value is -1.89. The summed E-state index contributed by atoms with van der Waals surface area (Å²) in [5.74, 6) is -0.560. The van der Waals surface area contributed by atoms with Crippen molar-refractivity contribution in [3.63, 3.8) is 0 Å². The molecule has 0 saturated heterocycles. The lowest BCUT2D eigenvalue weighted by molar-refractivity contribution is -0.00269. The van der Waals surface area contributed by atoms with Crippen LogP contribution in [0, 0.1) is 0 Å². The van der Waals surface area contributed by atoms with E-state index < -0.39 is 25.0 Å². The molecular formula is C12H17F2N3O2. The summed E-state index contributed by atoms with van der Waals surface area (Å²) in [6, 6.07) is 4.76. The quantitative estimate of drug-likeness (QED) is 0.690. The SMILES string of the molecule is CN(C)c1ccc(N)cc1C(=O)NCC(O)C(F)F. The Labute approximate surface area is 110 Å². The Balaban J connectivity index is 2.84. The molecule has 0 bridgehead atoms. The van der Waals surface area contributed by atoms with Crippen LogP contribution in [-0.2, 0) is 0 Å². The van der Waals surface area contributed by atoms with Gasteiger partial charge in [-0.15, -0.1) is 0 Å². The van der Waals surface area contributed by atoms with Gasteiger partial charge in [0.1, 0.15) is 6.10 Å². The van der Waals surface area contributed by atoms with Crippen LogP contribution in [-0.4, -0.2) is 44.2 Å². The normalized spacial score (nSPS) is 12.3. The van der Waals surface area contributed by atoms with E-state index in [2.05, 4.69) is 5.32 Å². The second kappa shape index (κ2) is 6.33. The molecule has 0 radical (unpaired) electrons. The Morgan fingerprint density at radius 3 is 2.63 bits per heavy atom. The summed E-state index contributed by atoms with van der Waals surface area (Å²) in [6.07, 6.45) is -4.78. The van der Waals surface area contributed by atoms with Crippen molar-refractivity contribution in [1.29, 1.82) is 0 Å². The summed E-state index contributed by atoms with van der Waals surface area (Å²) in [4.78, 5) is 13.6. The minimum absolute atomic E-state index is 0.270. The van der Waals surface area contributed by atoms with Crippen molar-refractivity contribution in [3.05, 3.63) is 23.8 Å². The number of nitrogens with two attached hydrogens (primary N) is 1. The molecule has 106 valence electrons. The maximum atomic E-state index is 12.1. The number of alkyl halides is 2. The molecule has 7 heteroatoms. The molecule has 5 nitrogen and oxygen atoms in total. The van der Waals surface area contributed by atoms with E-state index >= 15 is 0 Å². The molecule has 0 aliphatic carbocycles. The predicted molar refractivity (Wildman–Crippen MR) is 69.5 cm³/mol. The van der Waals surface area contributed by atoms with E-state index in [-0.39, 0.29) is 5.56 Å². The highest BCUT2D eigenvalue weighted by Crippen LogP contribution is 2.21. The number of halogens is 2. The first-order valence-electron chi connectivity index (χ1n) is 5.64. The Morgan fingerprint density at radius 1 is 1.47 bits per heavy atom. The van der Waals surface area contributed by atoms with Crippen LogP contribution < -0.4 is 16.0 Å². The van der Waals surface area contributed by atoms with E-state index in [0.717, 1.165) is 0 Å². The van der Waals surface area contributed by atoms with E-state index in [0.29, 0.717) is 11.4 Å². The van der Waals surface area contributed by atoms with Crippen LogP contribution in [0.25, 0.3) is 0 Å². The van der Waals surface area contributed by atoms with Crippen molar-refractivity contribution < 1.29 is 18.7 Å². The van der Waals surface area contributed by atoms with Crippen LogP contribution in [0.1, 0.15) is 10.4 Å². The van der Waals surface area contributed by atoms with Gasteiger partial charge in [0.2, 0.25) is 0 Å². The number of anilines is 2. The number of amides is 1. The third kappa shape index (κ3) is 4.06. The molecule has 0 aliphatic heterocycles. The lowest BCUT2D eigenvalue weighted by Gasteiger charge is -2.18. The summed E-state index contributed by atoms with van der Waals surface area (Å²) in [7, 11) is 3.49. The van der Waals surface area contributed by atoms with Gasteiger partial charge in [0.25, 0.3) is 12.3 Å². The molecule has 1 aromatic rings. The van der Waals surface area contributed by atoms with Crippen LogP contribution >= 0.6 is 0 Å². The molecule has 0 aromatic heterocycles. The fraction of sp³-hybridized carbons (Fsp3) is 0.417. The highest BCUT2D eigenvalue weighted by molar-refractivity contribution is 6.00. The van der Waals surface area contributed by atoms with E-state index in [4.69, 9.17) is 10.8 Å². The monoisotopic (exact) mass is 273 g/mol. The third-order valence-electron chi connectivity index (χ3n) is 2.51. The molecule has 0 aliphatic rings. The molecule has 4 N–H and O–H groups in total. The van der Waals surface area contributed by atoms with Crippen LogP contribution in [0.5, 0.6) is 0 Å². The van der Waals surface area contributed by atoms with Gasteiger partial charge in [-0.25, -0.2) is 8.78 Å². The smallest absolute Gasteiger partial charge is 0.265 e. The summed E-state index contributed by atoms with van der Waals surface area (Å²) >= 11 is 0. The highest BCUT2D eigenvalue weighted by atomic mass is 19.3. The molecule has 19 heavy (non-hydrogen) atoms. The zero-order valence-corrected chi connectivity index (χ0v) is 10.7. The van der Waals surface area contributed by atoms with Crippen molar-refractivity contribution in [1.82, 2.24) is 5.32 Å². The number of carbonyl (C=O) groups is 1. The number of carbonyl (C=O) groups excluding carboxylic acids is 1. The molecule has 1 rings (SSSR count). The van der Waals surface area contributed by atoms with Gasteiger partial charge >= 0.3 is 0 Å². The topological polar surface area (TPSA) is 78.6 Å². The molecule has 1 amide bonds. The van der Waals surface area contributed by atoms with Gasteiger partial charge in [-0.1, -0.05) is 0 Å². The maximum Gasteiger partial charge on any atom is 0.265 e. The number of nitrogen functional groups attached to an aromatic ring is 1. The highest BCUT2D eigenvalue weighted by Gasteiger charge is 2.19. The minimum Gasteiger partial charge on any atom is -0.399 e. The standard InChI is InChI=1S/C12H17F2N3O2/c1-17(2)9-4-3-7(15)5-8(9)12(19)16-6-10(18)11(13)14/h3-5,10-11,18H,6,15H2,1-2H3,(H,16,19). The van der Waals surface area contributed by atoms with E-state index in [1.807, 2.05) is 0 Å². The van der Waals surface area contributed by atoms with Crippen molar-refractivity contribution in [2.75, 3.05) is 31.3 Å². The minimum atomic E-state index is -2.89.